The van der Waals surface area contributed by atoms with Gasteiger partial charge in [0.15, 0.2) is 0 Å². The summed E-state index contributed by atoms with van der Waals surface area (Å²) in [6.45, 7) is 0. The van der Waals surface area contributed by atoms with Crippen molar-refractivity contribution in [3.8, 4) is 11.1 Å². The normalized spacial score (nSPS) is 10.8. The van der Waals surface area contributed by atoms with Crippen LogP contribution in [0.5, 0.6) is 0 Å². The summed E-state index contributed by atoms with van der Waals surface area (Å²) < 4.78 is 0. The van der Waals surface area contributed by atoms with Crippen LogP contribution in [0.1, 0.15) is 15.9 Å². The van der Waals surface area contributed by atoms with Crippen LogP contribution in [0.3, 0.4) is 0 Å². The Kier molecular flexibility index (Phi) is 3.82. The number of hydrogen-bond donors (Lipinski definition) is 2. The standard InChI is InChI=1S/C14H11ClN2O2/c15-13-6-5-9(7-12(13)14(18)19)11-4-2-1-3-10(11)8-17-16/h1-8H,16H2,(H,18,19). The number of carbonyl (C=O) groups is 1. The summed E-state index contributed by atoms with van der Waals surface area (Å²) in [6, 6.07) is 12.3. The van der Waals surface area contributed by atoms with Gasteiger partial charge in [0, 0.05) is 5.56 Å². The third-order valence-corrected chi connectivity index (χ3v) is 3.01. The summed E-state index contributed by atoms with van der Waals surface area (Å²) in [5.41, 5.74) is 2.47. The van der Waals surface area contributed by atoms with Crippen molar-refractivity contribution in [2.24, 2.45) is 10.9 Å². The maximum atomic E-state index is 11.1. The third-order valence-electron chi connectivity index (χ3n) is 2.68. The van der Waals surface area contributed by atoms with Gasteiger partial charge in [-0.15, -0.1) is 0 Å². The smallest absolute Gasteiger partial charge is 0.337 e. The first-order valence-corrected chi connectivity index (χ1v) is 5.87. The van der Waals surface area contributed by atoms with Crippen molar-refractivity contribution in [1.29, 1.82) is 0 Å². The summed E-state index contributed by atoms with van der Waals surface area (Å²) in [5, 5.41) is 12.8. The molecule has 0 bridgehead atoms. The fourth-order valence-electron chi connectivity index (χ4n) is 1.81. The van der Waals surface area contributed by atoms with Gasteiger partial charge in [0.2, 0.25) is 0 Å². The van der Waals surface area contributed by atoms with E-state index in [4.69, 9.17) is 22.6 Å². The van der Waals surface area contributed by atoms with Crippen molar-refractivity contribution in [2.45, 2.75) is 0 Å². The first kappa shape index (κ1) is 13.1. The van der Waals surface area contributed by atoms with Crippen LogP contribution in [-0.2, 0) is 0 Å². The molecule has 0 aliphatic rings. The molecule has 19 heavy (non-hydrogen) atoms. The molecular formula is C14H11ClN2O2. The summed E-state index contributed by atoms with van der Waals surface area (Å²) >= 11 is 5.85. The zero-order valence-electron chi connectivity index (χ0n) is 9.88. The van der Waals surface area contributed by atoms with Gasteiger partial charge in [-0.2, -0.15) is 5.10 Å². The van der Waals surface area contributed by atoms with E-state index in [1.54, 1.807) is 12.1 Å². The molecular weight excluding hydrogens is 264 g/mol. The van der Waals surface area contributed by atoms with Gasteiger partial charge in [-0.25, -0.2) is 4.79 Å². The summed E-state index contributed by atoms with van der Waals surface area (Å²) in [6.07, 6.45) is 1.52. The van der Waals surface area contributed by atoms with Gasteiger partial charge in [-0.1, -0.05) is 41.9 Å². The fraction of sp³-hybridized carbons (Fsp3) is 0. The van der Waals surface area contributed by atoms with Crippen molar-refractivity contribution in [1.82, 2.24) is 0 Å². The lowest BCUT2D eigenvalue weighted by molar-refractivity contribution is 0.0697. The molecule has 0 saturated heterocycles. The van der Waals surface area contributed by atoms with Gasteiger partial charge in [0.1, 0.15) is 0 Å². The lowest BCUT2D eigenvalue weighted by Gasteiger charge is -2.07. The number of rotatable bonds is 3. The van der Waals surface area contributed by atoms with Crippen LogP contribution in [0, 0.1) is 0 Å². The second-order valence-corrected chi connectivity index (χ2v) is 4.27. The van der Waals surface area contributed by atoms with Crippen molar-refractivity contribution < 1.29 is 9.90 Å². The number of halogens is 1. The van der Waals surface area contributed by atoms with Crippen LogP contribution in [0.25, 0.3) is 11.1 Å². The van der Waals surface area contributed by atoms with E-state index in [1.807, 2.05) is 24.3 Å². The Morgan fingerprint density at radius 3 is 2.68 bits per heavy atom. The first-order chi connectivity index (χ1) is 9.13. The maximum absolute atomic E-state index is 11.1. The van der Waals surface area contributed by atoms with E-state index in [0.717, 1.165) is 16.7 Å². The van der Waals surface area contributed by atoms with Gasteiger partial charge < -0.3 is 10.9 Å². The van der Waals surface area contributed by atoms with Crippen molar-refractivity contribution in [2.75, 3.05) is 0 Å². The Morgan fingerprint density at radius 1 is 1.26 bits per heavy atom. The molecule has 2 aromatic rings. The van der Waals surface area contributed by atoms with Gasteiger partial charge in [-0.05, 0) is 23.3 Å². The minimum Gasteiger partial charge on any atom is -0.478 e. The number of hydrazone groups is 1. The molecule has 0 fully saturated rings. The summed E-state index contributed by atoms with van der Waals surface area (Å²) in [5.74, 6) is 4.11. The molecule has 2 aromatic carbocycles. The van der Waals surface area contributed by atoms with E-state index < -0.39 is 5.97 Å². The van der Waals surface area contributed by atoms with Crippen LogP contribution >= 0.6 is 11.6 Å². The Bertz CT molecular complexity index is 654. The second kappa shape index (κ2) is 5.54. The van der Waals surface area contributed by atoms with E-state index in [9.17, 15) is 4.79 Å². The average Bonchev–Trinajstić information content (AvgIpc) is 2.40. The molecule has 3 N–H and O–H groups in total. The molecule has 0 aromatic heterocycles. The lowest BCUT2D eigenvalue weighted by Crippen LogP contribution is -1.98. The SMILES string of the molecule is NN=Cc1ccccc1-c1ccc(Cl)c(C(=O)O)c1. The van der Waals surface area contributed by atoms with Crippen LogP contribution in [0.15, 0.2) is 47.6 Å². The lowest BCUT2D eigenvalue weighted by atomic mass is 9.98. The molecule has 0 heterocycles. The first-order valence-electron chi connectivity index (χ1n) is 5.49. The van der Waals surface area contributed by atoms with Gasteiger partial charge in [0.25, 0.3) is 0 Å². The van der Waals surface area contributed by atoms with Crippen LogP contribution in [-0.4, -0.2) is 17.3 Å². The number of aromatic carboxylic acids is 1. The number of nitrogens with zero attached hydrogens (tertiary/aromatic N) is 1. The molecule has 0 unspecified atom stereocenters. The highest BCUT2D eigenvalue weighted by Gasteiger charge is 2.11. The minimum absolute atomic E-state index is 0.0682. The number of nitrogens with two attached hydrogens (primary N) is 1. The van der Waals surface area contributed by atoms with Crippen molar-refractivity contribution >= 4 is 23.8 Å². The van der Waals surface area contributed by atoms with Gasteiger partial charge in [0.05, 0.1) is 16.8 Å². The van der Waals surface area contributed by atoms with Crippen LogP contribution < -0.4 is 5.84 Å². The molecule has 0 saturated carbocycles. The van der Waals surface area contributed by atoms with Crippen molar-refractivity contribution in [3.63, 3.8) is 0 Å². The monoisotopic (exact) mass is 274 g/mol. The Balaban J connectivity index is 2.59. The van der Waals surface area contributed by atoms with E-state index in [1.165, 1.54) is 12.3 Å². The second-order valence-electron chi connectivity index (χ2n) is 3.87. The van der Waals surface area contributed by atoms with Gasteiger partial charge >= 0.3 is 5.97 Å². The zero-order valence-corrected chi connectivity index (χ0v) is 10.6. The quantitative estimate of drug-likeness (QED) is 0.513. The Hall–Kier alpha value is -2.33. The molecule has 5 heteroatoms. The number of carboxylic acids is 1. The molecule has 96 valence electrons. The number of benzene rings is 2. The highest BCUT2D eigenvalue weighted by atomic mass is 35.5. The van der Waals surface area contributed by atoms with E-state index >= 15 is 0 Å². The summed E-state index contributed by atoms with van der Waals surface area (Å²) in [7, 11) is 0. The van der Waals surface area contributed by atoms with Crippen LogP contribution in [0.2, 0.25) is 5.02 Å². The zero-order chi connectivity index (χ0) is 13.8. The third kappa shape index (κ3) is 2.74. The van der Waals surface area contributed by atoms with E-state index in [-0.39, 0.29) is 10.6 Å². The highest BCUT2D eigenvalue weighted by Crippen LogP contribution is 2.27. The highest BCUT2D eigenvalue weighted by molar-refractivity contribution is 6.33. The topological polar surface area (TPSA) is 75.7 Å². The molecule has 0 spiro atoms. The van der Waals surface area contributed by atoms with E-state index in [0.29, 0.717) is 0 Å². The largest absolute Gasteiger partial charge is 0.478 e. The fourth-order valence-corrected chi connectivity index (χ4v) is 2.01. The maximum Gasteiger partial charge on any atom is 0.337 e. The van der Waals surface area contributed by atoms with Crippen LogP contribution in [0.4, 0.5) is 0 Å². The average molecular weight is 275 g/mol. The Morgan fingerprint density at radius 2 is 2.00 bits per heavy atom. The summed E-state index contributed by atoms with van der Waals surface area (Å²) in [4.78, 5) is 11.1. The molecule has 4 nitrogen and oxygen atoms in total. The predicted octanol–water partition coefficient (Wildman–Crippen LogP) is 3.00. The van der Waals surface area contributed by atoms with Crippen molar-refractivity contribution in [3.05, 3.63) is 58.6 Å². The molecule has 0 aliphatic heterocycles. The molecule has 0 amide bonds. The van der Waals surface area contributed by atoms with Gasteiger partial charge in [-0.3, -0.25) is 0 Å². The minimum atomic E-state index is -1.06. The molecule has 2 rings (SSSR count). The Labute approximate surface area is 115 Å². The predicted molar refractivity (Wildman–Crippen MR) is 75.6 cm³/mol. The molecule has 0 radical (unpaired) electrons. The molecule has 0 aliphatic carbocycles. The number of carboxylic acid groups (broad SMARTS) is 1. The molecule has 0 atom stereocenters. The number of hydrogen-bond acceptors (Lipinski definition) is 3. The van der Waals surface area contributed by atoms with E-state index in [2.05, 4.69) is 5.10 Å².